The summed E-state index contributed by atoms with van der Waals surface area (Å²) in [5.41, 5.74) is 0.862. The minimum atomic E-state index is -0.441. The van der Waals surface area contributed by atoms with Gasteiger partial charge in [-0.15, -0.1) is 0 Å². The lowest BCUT2D eigenvalue weighted by molar-refractivity contribution is -0.117. The van der Waals surface area contributed by atoms with Crippen LogP contribution in [0.5, 0.6) is 11.5 Å². The Bertz CT molecular complexity index is 638. The van der Waals surface area contributed by atoms with Crippen molar-refractivity contribution in [1.82, 2.24) is 10.6 Å². The zero-order valence-corrected chi connectivity index (χ0v) is 15.1. The topological polar surface area (TPSA) is 92.6 Å². The van der Waals surface area contributed by atoms with Crippen molar-refractivity contribution in [3.05, 3.63) is 35.5 Å². The molecule has 0 heterocycles. The molecule has 0 radical (unpaired) electrons. The molecule has 2 N–H and O–H groups in total. The van der Waals surface area contributed by atoms with Crippen molar-refractivity contribution in [2.24, 2.45) is 0 Å². The molecule has 1 aromatic rings. The number of nitriles is 1. The lowest BCUT2D eigenvalue weighted by atomic mass is 10.1. The van der Waals surface area contributed by atoms with Gasteiger partial charge >= 0.3 is 0 Å². The number of ether oxygens (including phenoxy) is 3. The summed E-state index contributed by atoms with van der Waals surface area (Å²) in [6.07, 6.45) is 2.21. The molecule has 0 bridgehead atoms. The van der Waals surface area contributed by atoms with Crippen LogP contribution in [0, 0.1) is 11.3 Å². The second kappa shape index (κ2) is 10.9. The average Bonchev–Trinajstić information content (AvgIpc) is 2.63. The van der Waals surface area contributed by atoms with E-state index >= 15 is 0 Å². The van der Waals surface area contributed by atoms with Crippen molar-refractivity contribution in [3.63, 3.8) is 0 Å². The van der Waals surface area contributed by atoms with Crippen LogP contribution in [0.1, 0.15) is 24.9 Å². The van der Waals surface area contributed by atoms with Crippen LogP contribution in [0.3, 0.4) is 0 Å². The predicted octanol–water partition coefficient (Wildman–Crippen LogP) is 1.91. The number of carbonyl (C=O) groups is 1. The van der Waals surface area contributed by atoms with Gasteiger partial charge in [0.2, 0.25) is 0 Å². The highest BCUT2D eigenvalue weighted by molar-refractivity contribution is 5.97. The van der Waals surface area contributed by atoms with Gasteiger partial charge in [-0.2, -0.15) is 5.26 Å². The van der Waals surface area contributed by atoms with Crippen molar-refractivity contribution in [3.8, 4) is 17.6 Å². The van der Waals surface area contributed by atoms with E-state index in [1.165, 1.54) is 6.20 Å². The molecule has 136 valence electrons. The Morgan fingerprint density at radius 2 is 2.00 bits per heavy atom. The summed E-state index contributed by atoms with van der Waals surface area (Å²) in [6.45, 7) is 3.07. The quantitative estimate of drug-likeness (QED) is 0.382. The number of hydrogen-bond acceptors (Lipinski definition) is 6. The number of nitrogens with zero attached hydrogens (tertiary/aromatic N) is 1. The van der Waals surface area contributed by atoms with Crippen molar-refractivity contribution in [1.29, 1.82) is 5.26 Å². The molecule has 0 saturated carbocycles. The molecule has 0 aliphatic carbocycles. The van der Waals surface area contributed by atoms with Gasteiger partial charge in [0, 0.05) is 26.5 Å². The molecule has 7 nitrogen and oxygen atoms in total. The fourth-order valence-electron chi connectivity index (χ4n) is 2.12. The van der Waals surface area contributed by atoms with Gasteiger partial charge in [-0.05, 0) is 31.0 Å². The first-order valence-corrected chi connectivity index (χ1v) is 7.92. The number of methoxy groups -OCH3 is 3. The molecule has 7 heteroatoms. The maximum atomic E-state index is 12.2. The highest BCUT2D eigenvalue weighted by Crippen LogP contribution is 2.29. The van der Waals surface area contributed by atoms with Gasteiger partial charge in [-0.1, -0.05) is 6.07 Å². The van der Waals surface area contributed by atoms with E-state index in [-0.39, 0.29) is 11.6 Å². The van der Waals surface area contributed by atoms with Crippen LogP contribution in [-0.2, 0) is 9.53 Å². The zero-order valence-electron chi connectivity index (χ0n) is 15.1. The summed E-state index contributed by atoms with van der Waals surface area (Å²) in [4.78, 5) is 12.2. The van der Waals surface area contributed by atoms with Gasteiger partial charge in [-0.3, -0.25) is 4.79 Å². The Morgan fingerprint density at radius 3 is 2.60 bits per heavy atom. The van der Waals surface area contributed by atoms with Crippen LogP contribution in [-0.4, -0.2) is 40.4 Å². The molecule has 0 aliphatic heterocycles. The zero-order chi connectivity index (χ0) is 18.7. The van der Waals surface area contributed by atoms with Crippen LogP contribution in [0.2, 0.25) is 0 Å². The first-order chi connectivity index (χ1) is 12.1. The number of rotatable bonds is 10. The van der Waals surface area contributed by atoms with E-state index in [1.54, 1.807) is 33.5 Å². The minimum absolute atomic E-state index is 0.0183. The Kier molecular flexibility index (Phi) is 8.90. The maximum absolute atomic E-state index is 12.2. The van der Waals surface area contributed by atoms with Crippen LogP contribution >= 0.6 is 0 Å². The van der Waals surface area contributed by atoms with Crippen LogP contribution < -0.4 is 20.1 Å². The molecule has 0 aliphatic rings. The largest absolute Gasteiger partial charge is 0.493 e. The summed E-state index contributed by atoms with van der Waals surface area (Å²) >= 11 is 0. The summed E-state index contributed by atoms with van der Waals surface area (Å²) in [5, 5.41) is 14.9. The fraction of sp³-hybridized carbons (Fsp3) is 0.444. The molecule has 0 saturated heterocycles. The van der Waals surface area contributed by atoms with Crippen molar-refractivity contribution < 1.29 is 19.0 Å². The molecule has 0 fully saturated rings. The second-order valence-electron chi connectivity index (χ2n) is 5.28. The Labute approximate surface area is 148 Å². The molecular weight excluding hydrogens is 322 g/mol. The third kappa shape index (κ3) is 6.36. The molecule has 1 unspecified atom stereocenters. The Morgan fingerprint density at radius 1 is 1.28 bits per heavy atom. The number of hydrogen-bond donors (Lipinski definition) is 2. The van der Waals surface area contributed by atoms with Gasteiger partial charge in [0.1, 0.15) is 11.6 Å². The first kappa shape index (κ1) is 20.3. The van der Waals surface area contributed by atoms with Crippen LogP contribution in [0.4, 0.5) is 0 Å². The Balaban J connectivity index is 2.71. The van der Waals surface area contributed by atoms with Gasteiger partial charge in [0.15, 0.2) is 11.5 Å². The van der Waals surface area contributed by atoms with Gasteiger partial charge in [0.25, 0.3) is 5.91 Å². The fourth-order valence-corrected chi connectivity index (χ4v) is 2.12. The molecule has 0 aromatic heterocycles. The lowest BCUT2D eigenvalue weighted by Crippen LogP contribution is -2.28. The molecule has 1 atom stereocenters. The summed E-state index contributed by atoms with van der Waals surface area (Å²) in [5.74, 6) is 0.753. The van der Waals surface area contributed by atoms with Crippen molar-refractivity contribution >= 4 is 5.91 Å². The Hall–Kier alpha value is -2.72. The van der Waals surface area contributed by atoms with Gasteiger partial charge < -0.3 is 24.8 Å². The van der Waals surface area contributed by atoms with E-state index in [0.717, 1.165) is 12.0 Å². The maximum Gasteiger partial charge on any atom is 0.263 e. The van der Waals surface area contributed by atoms with Gasteiger partial charge in [-0.25, -0.2) is 0 Å². The lowest BCUT2D eigenvalue weighted by Gasteiger charge is -2.16. The minimum Gasteiger partial charge on any atom is -0.493 e. The predicted molar refractivity (Wildman–Crippen MR) is 94.3 cm³/mol. The monoisotopic (exact) mass is 347 g/mol. The normalized spacial score (nSPS) is 12.0. The first-order valence-electron chi connectivity index (χ1n) is 7.92. The van der Waals surface area contributed by atoms with Crippen molar-refractivity contribution in [2.75, 3.05) is 34.5 Å². The third-order valence-electron chi connectivity index (χ3n) is 3.54. The van der Waals surface area contributed by atoms with E-state index < -0.39 is 5.91 Å². The smallest absolute Gasteiger partial charge is 0.263 e. The SMILES string of the molecule is COCCCN/C=C(/C#N)C(=O)NC(C)c1ccc(OC)c(OC)c1. The van der Waals surface area contributed by atoms with E-state index in [2.05, 4.69) is 10.6 Å². The van der Waals surface area contributed by atoms with E-state index in [4.69, 9.17) is 19.5 Å². The average molecular weight is 347 g/mol. The molecule has 1 amide bonds. The molecule has 1 aromatic carbocycles. The number of nitrogens with one attached hydrogen (secondary N) is 2. The summed E-state index contributed by atoms with van der Waals surface area (Å²) in [6, 6.07) is 7.01. The van der Waals surface area contributed by atoms with E-state index in [1.807, 2.05) is 19.1 Å². The number of amides is 1. The third-order valence-corrected chi connectivity index (χ3v) is 3.54. The number of carbonyl (C=O) groups excluding carboxylic acids is 1. The summed E-state index contributed by atoms with van der Waals surface area (Å²) in [7, 11) is 4.74. The molecule has 0 spiro atoms. The van der Waals surface area contributed by atoms with E-state index in [9.17, 15) is 4.79 Å². The van der Waals surface area contributed by atoms with Crippen LogP contribution in [0.15, 0.2) is 30.0 Å². The highest BCUT2D eigenvalue weighted by atomic mass is 16.5. The summed E-state index contributed by atoms with van der Waals surface area (Å²) < 4.78 is 15.4. The molecule has 1 rings (SSSR count). The standard InChI is InChI=1S/C18H25N3O4/c1-13(14-6-7-16(24-3)17(10-14)25-4)21-18(22)15(11-19)12-20-8-5-9-23-2/h6-7,10,12-13,20H,5,8-9H2,1-4H3,(H,21,22)/b15-12-. The molecular formula is C18H25N3O4. The van der Waals surface area contributed by atoms with Gasteiger partial charge in [0.05, 0.1) is 20.3 Å². The van der Waals surface area contributed by atoms with Crippen molar-refractivity contribution in [2.45, 2.75) is 19.4 Å². The highest BCUT2D eigenvalue weighted by Gasteiger charge is 2.15. The van der Waals surface area contributed by atoms with Crippen LogP contribution in [0.25, 0.3) is 0 Å². The number of benzene rings is 1. The second-order valence-corrected chi connectivity index (χ2v) is 5.28. The van der Waals surface area contributed by atoms with E-state index in [0.29, 0.717) is 24.7 Å². The molecule has 25 heavy (non-hydrogen) atoms.